The monoisotopic (exact) mass is 491 g/mol. The number of para-hydroxylation sites is 1. The van der Waals surface area contributed by atoms with Gasteiger partial charge < -0.3 is 19.2 Å². The number of anilines is 1. The molecule has 0 aliphatic heterocycles. The van der Waals surface area contributed by atoms with Crippen LogP contribution in [-0.2, 0) is 11.2 Å². The molecule has 1 N–H and O–H groups in total. The standard InChI is InChI=1S/C31H29N3O3/c1-3-37-27-14-7-9-22(19-27)24-15-17-29-33-31(23-10-8-13-26(20-23)36-2)28(34(29)21-24)16-18-30(35)32-25-11-5-4-6-12-25/h4-15,17,19-21H,3,16,18H2,1-2H3,(H,32,35). The Morgan fingerprint density at radius 1 is 0.865 bits per heavy atom. The van der Waals surface area contributed by atoms with E-state index in [1.807, 2.05) is 85.8 Å². The molecular weight excluding hydrogens is 462 g/mol. The van der Waals surface area contributed by atoms with Crippen molar-refractivity contribution in [3.8, 4) is 33.9 Å². The SMILES string of the molecule is CCOc1cccc(-c2ccc3nc(-c4cccc(OC)c4)c(CCC(=O)Nc4ccccc4)n3c2)c1. The van der Waals surface area contributed by atoms with Crippen LogP contribution in [0.15, 0.2) is 97.2 Å². The summed E-state index contributed by atoms with van der Waals surface area (Å²) in [6, 6.07) is 29.5. The normalized spacial score (nSPS) is 10.9. The molecule has 5 aromatic rings. The summed E-state index contributed by atoms with van der Waals surface area (Å²) in [7, 11) is 1.65. The van der Waals surface area contributed by atoms with Gasteiger partial charge in [0.15, 0.2) is 0 Å². The van der Waals surface area contributed by atoms with Crippen LogP contribution >= 0.6 is 0 Å². The van der Waals surface area contributed by atoms with Gasteiger partial charge in [0, 0.05) is 23.9 Å². The number of pyridine rings is 1. The van der Waals surface area contributed by atoms with Crippen molar-refractivity contribution in [2.75, 3.05) is 19.0 Å². The van der Waals surface area contributed by atoms with Gasteiger partial charge in [0.2, 0.25) is 5.91 Å². The van der Waals surface area contributed by atoms with Gasteiger partial charge in [0.25, 0.3) is 0 Å². The summed E-state index contributed by atoms with van der Waals surface area (Å²) < 4.78 is 13.2. The van der Waals surface area contributed by atoms with Crippen molar-refractivity contribution in [2.45, 2.75) is 19.8 Å². The van der Waals surface area contributed by atoms with Crippen LogP contribution in [0.25, 0.3) is 28.0 Å². The number of aromatic nitrogens is 2. The van der Waals surface area contributed by atoms with E-state index in [9.17, 15) is 4.79 Å². The number of amides is 1. The van der Waals surface area contributed by atoms with Crippen molar-refractivity contribution in [1.82, 2.24) is 9.38 Å². The number of methoxy groups -OCH3 is 1. The van der Waals surface area contributed by atoms with E-state index in [2.05, 4.69) is 28.0 Å². The molecule has 0 fully saturated rings. The number of nitrogens with one attached hydrogen (secondary N) is 1. The molecule has 6 heteroatoms. The van der Waals surface area contributed by atoms with Crippen molar-refractivity contribution < 1.29 is 14.3 Å². The van der Waals surface area contributed by atoms with Gasteiger partial charge in [0.05, 0.1) is 25.1 Å². The number of aryl methyl sites for hydroxylation is 1. The highest BCUT2D eigenvalue weighted by Gasteiger charge is 2.17. The summed E-state index contributed by atoms with van der Waals surface area (Å²) in [6.45, 7) is 2.59. The van der Waals surface area contributed by atoms with E-state index < -0.39 is 0 Å². The molecule has 6 nitrogen and oxygen atoms in total. The van der Waals surface area contributed by atoms with E-state index in [1.165, 1.54) is 0 Å². The lowest BCUT2D eigenvalue weighted by molar-refractivity contribution is -0.116. The second-order valence-electron chi connectivity index (χ2n) is 8.66. The van der Waals surface area contributed by atoms with Gasteiger partial charge >= 0.3 is 0 Å². The Morgan fingerprint density at radius 3 is 2.41 bits per heavy atom. The van der Waals surface area contributed by atoms with Crippen LogP contribution in [-0.4, -0.2) is 29.0 Å². The Hall–Kier alpha value is -4.58. The molecule has 0 radical (unpaired) electrons. The van der Waals surface area contributed by atoms with Crippen molar-refractivity contribution in [3.05, 3.63) is 103 Å². The number of benzene rings is 3. The van der Waals surface area contributed by atoms with Gasteiger partial charge in [0.1, 0.15) is 17.1 Å². The lowest BCUT2D eigenvalue weighted by Gasteiger charge is -2.10. The molecule has 0 saturated heterocycles. The van der Waals surface area contributed by atoms with Crippen LogP contribution in [0.1, 0.15) is 19.0 Å². The molecule has 2 heterocycles. The minimum Gasteiger partial charge on any atom is -0.497 e. The van der Waals surface area contributed by atoms with Gasteiger partial charge in [-0.15, -0.1) is 0 Å². The Kier molecular flexibility index (Phi) is 7.17. The number of carbonyl (C=O) groups is 1. The highest BCUT2D eigenvalue weighted by atomic mass is 16.5. The van der Waals surface area contributed by atoms with Gasteiger partial charge in [-0.2, -0.15) is 0 Å². The Balaban J connectivity index is 1.53. The molecule has 0 aliphatic carbocycles. The Labute approximate surface area is 216 Å². The topological polar surface area (TPSA) is 64.9 Å². The zero-order chi connectivity index (χ0) is 25.6. The molecule has 2 aromatic heterocycles. The number of hydrogen-bond acceptors (Lipinski definition) is 4. The van der Waals surface area contributed by atoms with Crippen LogP contribution in [0.3, 0.4) is 0 Å². The van der Waals surface area contributed by atoms with Crippen LogP contribution < -0.4 is 14.8 Å². The van der Waals surface area contributed by atoms with Crippen LogP contribution in [0.5, 0.6) is 11.5 Å². The molecule has 186 valence electrons. The molecule has 37 heavy (non-hydrogen) atoms. The maximum Gasteiger partial charge on any atom is 0.224 e. The summed E-state index contributed by atoms with van der Waals surface area (Å²) in [6.07, 6.45) is 2.93. The van der Waals surface area contributed by atoms with Gasteiger partial charge in [-0.1, -0.05) is 42.5 Å². The number of nitrogens with zero attached hydrogens (tertiary/aromatic N) is 2. The predicted octanol–water partition coefficient (Wildman–Crippen LogP) is 6.65. The van der Waals surface area contributed by atoms with E-state index in [0.29, 0.717) is 19.4 Å². The van der Waals surface area contributed by atoms with E-state index in [4.69, 9.17) is 14.5 Å². The molecule has 0 atom stereocenters. The number of fused-ring (bicyclic) bond motifs is 1. The van der Waals surface area contributed by atoms with Gasteiger partial charge in [-0.25, -0.2) is 4.98 Å². The molecule has 0 bridgehead atoms. The van der Waals surface area contributed by atoms with Crippen molar-refractivity contribution in [3.63, 3.8) is 0 Å². The minimum atomic E-state index is -0.0432. The maximum atomic E-state index is 12.8. The van der Waals surface area contributed by atoms with Gasteiger partial charge in [-0.3, -0.25) is 4.79 Å². The molecule has 1 amide bonds. The Bertz CT molecular complexity index is 1530. The number of rotatable bonds is 9. The first-order valence-corrected chi connectivity index (χ1v) is 12.4. The first kappa shape index (κ1) is 24.1. The van der Waals surface area contributed by atoms with Crippen LogP contribution in [0, 0.1) is 0 Å². The van der Waals surface area contributed by atoms with Gasteiger partial charge in [-0.05, 0) is 73.0 Å². The molecule has 0 aliphatic rings. The fourth-order valence-corrected chi connectivity index (χ4v) is 4.41. The number of imidazole rings is 1. The largest absolute Gasteiger partial charge is 0.497 e. The molecule has 0 spiro atoms. The maximum absolute atomic E-state index is 12.8. The predicted molar refractivity (Wildman–Crippen MR) is 147 cm³/mol. The molecule has 0 saturated carbocycles. The third-order valence-electron chi connectivity index (χ3n) is 6.19. The van der Waals surface area contributed by atoms with Crippen LogP contribution in [0.2, 0.25) is 0 Å². The summed E-state index contributed by atoms with van der Waals surface area (Å²) in [5.41, 5.74) is 6.45. The quantitative estimate of drug-likeness (QED) is 0.251. The summed E-state index contributed by atoms with van der Waals surface area (Å²) in [5, 5.41) is 2.98. The number of carbonyl (C=O) groups excluding carboxylic acids is 1. The third kappa shape index (κ3) is 5.48. The average molecular weight is 492 g/mol. The molecule has 5 rings (SSSR count). The summed E-state index contributed by atoms with van der Waals surface area (Å²) in [5.74, 6) is 1.55. The summed E-state index contributed by atoms with van der Waals surface area (Å²) >= 11 is 0. The second kappa shape index (κ2) is 11.0. The first-order chi connectivity index (χ1) is 18.1. The highest BCUT2D eigenvalue weighted by Crippen LogP contribution is 2.31. The number of ether oxygens (including phenoxy) is 2. The highest BCUT2D eigenvalue weighted by molar-refractivity contribution is 5.91. The summed E-state index contributed by atoms with van der Waals surface area (Å²) in [4.78, 5) is 17.8. The van der Waals surface area contributed by atoms with Crippen molar-refractivity contribution in [2.24, 2.45) is 0 Å². The lowest BCUT2D eigenvalue weighted by Crippen LogP contribution is -2.13. The zero-order valence-corrected chi connectivity index (χ0v) is 21.0. The number of hydrogen-bond donors (Lipinski definition) is 1. The zero-order valence-electron chi connectivity index (χ0n) is 21.0. The lowest BCUT2D eigenvalue weighted by atomic mass is 10.1. The Morgan fingerprint density at radius 2 is 1.62 bits per heavy atom. The average Bonchev–Trinajstić information content (AvgIpc) is 3.30. The smallest absolute Gasteiger partial charge is 0.224 e. The van der Waals surface area contributed by atoms with Crippen molar-refractivity contribution >= 4 is 17.2 Å². The second-order valence-corrected chi connectivity index (χ2v) is 8.66. The van der Waals surface area contributed by atoms with E-state index >= 15 is 0 Å². The van der Waals surface area contributed by atoms with E-state index in [-0.39, 0.29) is 5.91 Å². The van der Waals surface area contributed by atoms with E-state index in [1.54, 1.807) is 7.11 Å². The fraction of sp³-hybridized carbons (Fsp3) is 0.161. The van der Waals surface area contributed by atoms with E-state index in [0.717, 1.165) is 50.9 Å². The third-order valence-corrected chi connectivity index (χ3v) is 6.19. The molecular formula is C31H29N3O3. The minimum absolute atomic E-state index is 0.0432. The first-order valence-electron chi connectivity index (χ1n) is 12.4. The van der Waals surface area contributed by atoms with Crippen molar-refractivity contribution in [1.29, 1.82) is 0 Å². The molecule has 3 aromatic carbocycles. The fourth-order valence-electron chi connectivity index (χ4n) is 4.41. The van der Waals surface area contributed by atoms with Crippen LogP contribution in [0.4, 0.5) is 5.69 Å². The molecule has 0 unspecified atom stereocenters.